The molecule has 0 spiro atoms. The van der Waals surface area contributed by atoms with Crippen LogP contribution in [-0.2, 0) is 5.41 Å². The summed E-state index contributed by atoms with van der Waals surface area (Å²) in [6.07, 6.45) is 4.17. The maximum atomic E-state index is 12.2. The lowest BCUT2D eigenvalue weighted by molar-refractivity contribution is 0.416. The van der Waals surface area contributed by atoms with Crippen LogP contribution in [0.5, 0.6) is 5.88 Å². The SMILES string of the molecule is CC(C)(C)c1cc2[nH]c(=O)c(C3CCCC3)c(O)n2n1. The molecule has 2 heterocycles. The summed E-state index contributed by atoms with van der Waals surface area (Å²) in [5, 5.41) is 14.9. The molecule has 0 amide bonds. The van der Waals surface area contributed by atoms with Gasteiger partial charge in [0.25, 0.3) is 5.56 Å². The van der Waals surface area contributed by atoms with E-state index >= 15 is 0 Å². The molecule has 0 saturated heterocycles. The van der Waals surface area contributed by atoms with Crippen molar-refractivity contribution in [2.45, 2.75) is 57.8 Å². The van der Waals surface area contributed by atoms with Crippen LogP contribution in [0.3, 0.4) is 0 Å². The maximum Gasteiger partial charge on any atom is 0.258 e. The quantitative estimate of drug-likeness (QED) is 0.840. The summed E-state index contributed by atoms with van der Waals surface area (Å²) in [6.45, 7) is 6.17. The van der Waals surface area contributed by atoms with Crippen LogP contribution in [0, 0.1) is 0 Å². The van der Waals surface area contributed by atoms with Gasteiger partial charge in [-0.15, -0.1) is 0 Å². The topological polar surface area (TPSA) is 70.4 Å². The number of fused-ring (bicyclic) bond motifs is 1. The zero-order valence-electron chi connectivity index (χ0n) is 12.2. The highest BCUT2D eigenvalue weighted by molar-refractivity contribution is 5.46. The van der Waals surface area contributed by atoms with Gasteiger partial charge in [-0.3, -0.25) is 4.79 Å². The van der Waals surface area contributed by atoms with Gasteiger partial charge in [0.05, 0.1) is 11.3 Å². The largest absolute Gasteiger partial charge is 0.493 e. The Morgan fingerprint density at radius 1 is 1.35 bits per heavy atom. The molecule has 1 fully saturated rings. The van der Waals surface area contributed by atoms with Crippen LogP contribution >= 0.6 is 0 Å². The molecule has 0 radical (unpaired) electrons. The van der Waals surface area contributed by atoms with Gasteiger partial charge in [-0.1, -0.05) is 33.6 Å². The summed E-state index contributed by atoms with van der Waals surface area (Å²) in [5.74, 6) is 0.164. The first-order valence-corrected chi connectivity index (χ1v) is 7.23. The second-order valence-electron chi connectivity index (χ2n) is 6.75. The maximum absolute atomic E-state index is 12.2. The van der Waals surface area contributed by atoms with E-state index < -0.39 is 0 Å². The first-order chi connectivity index (χ1) is 9.38. The Labute approximate surface area is 117 Å². The Hall–Kier alpha value is -1.78. The fraction of sp³-hybridized carbons (Fsp3) is 0.600. The van der Waals surface area contributed by atoms with Crippen molar-refractivity contribution in [2.24, 2.45) is 0 Å². The number of H-pyrrole nitrogens is 1. The van der Waals surface area contributed by atoms with Crippen molar-refractivity contribution < 1.29 is 5.11 Å². The fourth-order valence-electron chi connectivity index (χ4n) is 2.98. The molecule has 108 valence electrons. The number of rotatable bonds is 1. The highest BCUT2D eigenvalue weighted by Crippen LogP contribution is 2.36. The summed E-state index contributed by atoms with van der Waals surface area (Å²) in [6, 6.07) is 1.83. The number of aromatic amines is 1. The molecule has 0 aliphatic heterocycles. The summed E-state index contributed by atoms with van der Waals surface area (Å²) < 4.78 is 1.47. The minimum Gasteiger partial charge on any atom is -0.493 e. The molecule has 2 N–H and O–H groups in total. The Morgan fingerprint density at radius 2 is 2.00 bits per heavy atom. The zero-order valence-corrected chi connectivity index (χ0v) is 12.2. The Balaban J connectivity index is 2.21. The van der Waals surface area contributed by atoms with E-state index in [0.717, 1.165) is 31.4 Å². The standard InChI is InChI=1S/C15H21N3O2/c1-15(2,3)10-8-11-16-13(19)12(9-6-4-5-7-9)14(20)18(11)17-10/h8-9,20H,4-7H2,1-3H3,(H,16,19). The number of nitrogens with one attached hydrogen (secondary N) is 1. The van der Waals surface area contributed by atoms with Crippen molar-refractivity contribution in [2.75, 3.05) is 0 Å². The van der Waals surface area contributed by atoms with Gasteiger partial charge in [0.15, 0.2) is 0 Å². The molecule has 1 aliphatic rings. The number of nitrogens with zero attached hydrogens (tertiary/aromatic N) is 2. The van der Waals surface area contributed by atoms with Gasteiger partial charge < -0.3 is 10.1 Å². The van der Waals surface area contributed by atoms with Crippen LogP contribution < -0.4 is 5.56 Å². The molecule has 5 nitrogen and oxygen atoms in total. The minimum absolute atomic E-state index is 0.00569. The van der Waals surface area contributed by atoms with Gasteiger partial charge in [-0.2, -0.15) is 9.61 Å². The average molecular weight is 275 g/mol. The van der Waals surface area contributed by atoms with Crippen LogP contribution in [0.1, 0.15) is 63.6 Å². The Kier molecular flexibility index (Phi) is 2.88. The predicted octanol–water partition coefficient (Wildman–Crippen LogP) is 2.68. The molecule has 2 aromatic heterocycles. The van der Waals surface area contributed by atoms with Crippen molar-refractivity contribution in [3.05, 3.63) is 27.7 Å². The van der Waals surface area contributed by atoms with Crippen molar-refractivity contribution in [3.8, 4) is 5.88 Å². The zero-order chi connectivity index (χ0) is 14.5. The third-order valence-electron chi connectivity index (χ3n) is 4.17. The number of hydrogen-bond donors (Lipinski definition) is 2. The second kappa shape index (κ2) is 4.36. The highest BCUT2D eigenvalue weighted by Gasteiger charge is 2.26. The van der Waals surface area contributed by atoms with E-state index in [0.29, 0.717) is 11.2 Å². The molecule has 1 aliphatic carbocycles. The second-order valence-corrected chi connectivity index (χ2v) is 6.75. The lowest BCUT2D eigenvalue weighted by Gasteiger charge is -2.13. The van der Waals surface area contributed by atoms with Gasteiger partial charge >= 0.3 is 0 Å². The molecule has 1 saturated carbocycles. The number of aromatic nitrogens is 3. The van der Waals surface area contributed by atoms with Gasteiger partial charge in [0, 0.05) is 11.5 Å². The summed E-state index contributed by atoms with van der Waals surface area (Å²) in [7, 11) is 0. The van der Waals surface area contributed by atoms with Crippen molar-refractivity contribution in [1.82, 2.24) is 14.6 Å². The van der Waals surface area contributed by atoms with E-state index in [1.165, 1.54) is 4.52 Å². The van der Waals surface area contributed by atoms with Gasteiger partial charge in [0.1, 0.15) is 5.65 Å². The third-order valence-corrected chi connectivity index (χ3v) is 4.17. The van der Waals surface area contributed by atoms with E-state index in [9.17, 15) is 9.90 Å². The van der Waals surface area contributed by atoms with E-state index in [-0.39, 0.29) is 22.8 Å². The van der Waals surface area contributed by atoms with Crippen LogP contribution in [0.4, 0.5) is 0 Å². The molecule has 20 heavy (non-hydrogen) atoms. The first-order valence-electron chi connectivity index (χ1n) is 7.23. The van der Waals surface area contributed by atoms with Gasteiger partial charge in [-0.05, 0) is 18.8 Å². The Morgan fingerprint density at radius 3 is 2.60 bits per heavy atom. The first kappa shape index (κ1) is 13.2. The van der Waals surface area contributed by atoms with Crippen molar-refractivity contribution in [1.29, 1.82) is 0 Å². The molecular weight excluding hydrogens is 254 g/mol. The van der Waals surface area contributed by atoms with Crippen LogP contribution in [-0.4, -0.2) is 19.7 Å². The minimum atomic E-state index is -0.178. The molecule has 0 aromatic carbocycles. The smallest absolute Gasteiger partial charge is 0.258 e. The molecule has 0 unspecified atom stereocenters. The molecule has 2 aromatic rings. The van der Waals surface area contributed by atoms with E-state index in [1.54, 1.807) is 0 Å². The van der Waals surface area contributed by atoms with Crippen LogP contribution in [0.2, 0.25) is 0 Å². The summed E-state index contributed by atoms with van der Waals surface area (Å²) in [4.78, 5) is 15.1. The lowest BCUT2D eigenvalue weighted by atomic mass is 9.93. The molecular formula is C15H21N3O2. The number of aromatic hydroxyl groups is 1. The van der Waals surface area contributed by atoms with E-state index in [1.807, 2.05) is 6.07 Å². The molecule has 0 atom stereocenters. The van der Waals surface area contributed by atoms with Crippen LogP contribution in [0.25, 0.3) is 5.65 Å². The fourth-order valence-corrected chi connectivity index (χ4v) is 2.98. The van der Waals surface area contributed by atoms with Crippen molar-refractivity contribution >= 4 is 5.65 Å². The predicted molar refractivity (Wildman–Crippen MR) is 77.4 cm³/mol. The van der Waals surface area contributed by atoms with Gasteiger partial charge in [-0.25, -0.2) is 0 Å². The van der Waals surface area contributed by atoms with E-state index in [4.69, 9.17) is 0 Å². The Bertz CT molecular complexity index is 700. The molecule has 5 heteroatoms. The van der Waals surface area contributed by atoms with Gasteiger partial charge in [0.2, 0.25) is 5.88 Å². The molecule has 3 rings (SSSR count). The third kappa shape index (κ3) is 2.01. The highest BCUT2D eigenvalue weighted by atomic mass is 16.3. The van der Waals surface area contributed by atoms with E-state index in [2.05, 4.69) is 30.9 Å². The normalized spacial score (nSPS) is 17.1. The monoisotopic (exact) mass is 275 g/mol. The summed E-state index contributed by atoms with van der Waals surface area (Å²) in [5.41, 5.74) is 1.61. The van der Waals surface area contributed by atoms with Crippen molar-refractivity contribution in [3.63, 3.8) is 0 Å². The lowest BCUT2D eigenvalue weighted by Crippen LogP contribution is -2.18. The average Bonchev–Trinajstić information content (AvgIpc) is 2.96. The summed E-state index contributed by atoms with van der Waals surface area (Å²) >= 11 is 0. The number of hydrogen-bond acceptors (Lipinski definition) is 3. The van der Waals surface area contributed by atoms with Crippen LogP contribution in [0.15, 0.2) is 10.9 Å². The molecule has 0 bridgehead atoms.